The molecule has 0 aliphatic heterocycles. The number of nitrogens with zero attached hydrogens (tertiary/aromatic N) is 2. The van der Waals surface area contributed by atoms with E-state index >= 15 is 0 Å². The van der Waals surface area contributed by atoms with Crippen LogP contribution in [0.15, 0.2) is 18.3 Å². The smallest absolute Gasteiger partial charge is 0.223 e. The van der Waals surface area contributed by atoms with Crippen molar-refractivity contribution in [3.63, 3.8) is 0 Å². The number of aryl methyl sites for hydroxylation is 2. The van der Waals surface area contributed by atoms with Crippen LogP contribution in [0.3, 0.4) is 0 Å². The summed E-state index contributed by atoms with van der Waals surface area (Å²) in [5.74, 6) is 0.0259. The van der Waals surface area contributed by atoms with Crippen LogP contribution in [0.1, 0.15) is 31.0 Å². The van der Waals surface area contributed by atoms with Crippen molar-refractivity contribution in [1.29, 1.82) is 0 Å². The fourth-order valence-corrected chi connectivity index (χ4v) is 2.67. The Labute approximate surface area is 119 Å². The lowest BCUT2D eigenvalue weighted by molar-refractivity contribution is -0.126. The number of aromatic nitrogens is 2. The third-order valence-electron chi connectivity index (χ3n) is 3.94. The lowest BCUT2D eigenvalue weighted by atomic mass is 9.87. The minimum atomic E-state index is -0.188. The molecule has 20 heavy (non-hydrogen) atoms. The second-order valence-corrected chi connectivity index (χ2v) is 5.37. The van der Waals surface area contributed by atoms with Gasteiger partial charge in [0.25, 0.3) is 0 Å². The number of fused-ring (bicyclic) bond motifs is 1. The highest BCUT2D eigenvalue weighted by molar-refractivity contribution is 5.79. The van der Waals surface area contributed by atoms with Gasteiger partial charge in [0.05, 0.1) is 18.8 Å². The molecular formula is C15H23N3O2. The molecule has 2 atom stereocenters. The first kappa shape index (κ1) is 14.8. The van der Waals surface area contributed by atoms with Crippen molar-refractivity contribution >= 4 is 5.91 Å². The molecule has 0 fully saturated rings. The zero-order chi connectivity index (χ0) is 14.5. The van der Waals surface area contributed by atoms with Crippen molar-refractivity contribution < 1.29 is 9.90 Å². The van der Waals surface area contributed by atoms with E-state index in [0.29, 0.717) is 6.42 Å². The van der Waals surface area contributed by atoms with Gasteiger partial charge in [-0.25, -0.2) is 0 Å². The van der Waals surface area contributed by atoms with Crippen LogP contribution in [-0.2, 0) is 24.7 Å². The van der Waals surface area contributed by atoms with Gasteiger partial charge in [-0.05, 0) is 31.7 Å². The molecule has 2 unspecified atom stereocenters. The number of aliphatic hydroxyl groups excluding tert-OH is 1. The highest BCUT2D eigenvalue weighted by Crippen LogP contribution is 2.25. The van der Waals surface area contributed by atoms with Gasteiger partial charge in [0.15, 0.2) is 0 Å². The number of nitrogens with one attached hydrogen (secondary N) is 1. The topological polar surface area (TPSA) is 67.2 Å². The molecule has 1 aliphatic carbocycles. The fourth-order valence-electron chi connectivity index (χ4n) is 2.67. The van der Waals surface area contributed by atoms with Gasteiger partial charge in [0.1, 0.15) is 0 Å². The Bertz CT molecular complexity index is 493. The molecule has 0 radical (unpaired) electrons. The van der Waals surface area contributed by atoms with Gasteiger partial charge in [-0.1, -0.05) is 12.2 Å². The molecule has 2 rings (SSSR count). The number of amides is 1. The first-order chi connectivity index (χ1) is 9.65. The molecular weight excluding hydrogens is 254 g/mol. The second-order valence-electron chi connectivity index (χ2n) is 5.37. The summed E-state index contributed by atoms with van der Waals surface area (Å²) in [6.07, 6.45) is 8.94. The Morgan fingerprint density at radius 3 is 3.20 bits per heavy atom. The summed E-state index contributed by atoms with van der Waals surface area (Å²) in [7, 11) is 1.92. The fraction of sp³-hybridized carbons (Fsp3) is 0.600. The minimum absolute atomic E-state index is 0.0162. The van der Waals surface area contributed by atoms with E-state index in [4.69, 9.17) is 0 Å². The van der Waals surface area contributed by atoms with E-state index in [-0.39, 0.29) is 24.5 Å². The van der Waals surface area contributed by atoms with Crippen molar-refractivity contribution in [2.24, 2.45) is 13.0 Å². The van der Waals surface area contributed by atoms with E-state index in [0.717, 1.165) is 25.0 Å². The van der Waals surface area contributed by atoms with Crippen LogP contribution in [0.5, 0.6) is 0 Å². The van der Waals surface area contributed by atoms with Crippen LogP contribution in [-0.4, -0.2) is 33.4 Å². The van der Waals surface area contributed by atoms with Gasteiger partial charge in [-0.3, -0.25) is 9.48 Å². The summed E-state index contributed by atoms with van der Waals surface area (Å²) < 4.78 is 1.86. The predicted octanol–water partition coefficient (Wildman–Crippen LogP) is 0.968. The number of carbonyl (C=O) groups excluding carboxylic acids is 1. The van der Waals surface area contributed by atoms with Gasteiger partial charge in [-0.2, -0.15) is 5.10 Å². The van der Waals surface area contributed by atoms with Crippen molar-refractivity contribution in [1.82, 2.24) is 15.1 Å². The van der Waals surface area contributed by atoms with Crippen LogP contribution >= 0.6 is 0 Å². The molecule has 2 N–H and O–H groups in total. The molecule has 0 spiro atoms. The van der Waals surface area contributed by atoms with E-state index in [1.165, 1.54) is 5.56 Å². The molecule has 0 aromatic carbocycles. The minimum Gasteiger partial charge on any atom is -0.394 e. The molecule has 1 aromatic rings. The monoisotopic (exact) mass is 277 g/mol. The summed E-state index contributed by atoms with van der Waals surface area (Å²) in [5, 5.41) is 16.5. The molecule has 1 aliphatic rings. The van der Waals surface area contributed by atoms with Crippen molar-refractivity contribution in [3.05, 3.63) is 29.6 Å². The van der Waals surface area contributed by atoms with Crippen LogP contribution in [0.25, 0.3) is 0 Å². The summed E-state index contributed by atoms with van der Waals surface area (Å²) in [5.41, 5.74) is 2.41. The van der Waals surface area contributed by atoms with Crippen molar-refractivity contribution in [2.45, 2.75) is 38.6 Å². The zero-order valence-electron chi connectivity index (χ0n) is 12.2. The number of aliphatic hydroxyl groups is 1. The Morgan fingerprint density at radius 1 is 1.70 bits per heavy atom. The van der Waals surface area contributed by atoms with Crippen molar-refractivity contribution in [2.75, 3.05) is 6.61 Å². The number of carbonyl (C=O) groups is 1. The Balaban J connectivity index is 1.95. The van der Waals surface area contributed by atoms with Gasteiger partial charge >= 0.3 is 0 Å². The molecule has 1 amide bonds. The number of hydrogen-bond donors (Lipinski definition) is 2. The van der Waals surface area contributed by atoms with Crippen LogP contribution < -0.4 is 5.32 Å². The van der Waals surface area contributed by atoms with Gasteiger partial charge in [0.2, 0.25) is 5.91 Å². The maximum Gasteiger partial charge on any atom is 0.223 e. The van der Waals surface area contributed by atoms with E-state index < -0.39 is 0 Å². The predicted molar refractivity (Wildman–Crippen MR) is 77.2 cm³/mol. The maximum absolute atomic E-state index is 12.3. The summed E-state index contributed by atoms with van der Waals surface area (Å²) in [4.78, 5) is 12.3. The summed E-state index contributed by atoms with van der Waals surface area (Å²) in [6, 6.07) is -0.188. The maximum atomic E-state index is 12.3. The molecule has 5 nitrogen and oxygen atoms in total. The highest BCUT2D eigenvalue weighted by Gasteiger charge is 2.27. The molecule has 1 aromatic heterocycles. The highest BCUT2D eigenvalue weighted by atomic mass is 16.3. The van der Waals surface area contributed by atoms with Crippen LogP contribution in [0, 0.1) is 5.92 Å². The average molecular weight is 277 g/mol. The standard InChI is InChI=1S/C15H23N3O2/c1-3-4-5-13(10-19)17-15(20)11-6-7-12-9-16-18(2)14(12)8-11/h3-4,9,11,13,19H,5-8,10H2,1-2H3,(H,17,20)/b4-3+. The summed E-state index contributed by atoms with van der Waals surface area (Å²) >= 11 is 0. The summed E-state index contributed by atoms with van der Waals surface area (Å²) in [6.45, 7) is 1.90. The van der Waals surface area contributed by atoms with E-state index in [2.05, 4.69) is 10.4 Å². The zero-order valence-corrected chi connectivity index (χ0v) is 12.2. The van der Waals surface area contributed by atoms with Gasteiger partial charge in [0, 0.05) is 25.1 Å². The van der Waals surface area contributed by atoms with Crippen LogP contribution in [0.4, 0.5) is 0 Å². The molecule has 110 valence electrons. The lowest BCUT2D eigenvalue weighted by Crippen LogP contribution is -2.42. The molecule has 0 saturated heterocycles. The number of hydrogen-bond acceptors (Lipinski definition) is 3. The normalized spacial score (nSPS) is 19.9. The SMILES string of the molecule is C/C=C/CC(CO)NC(=O)C1CCc2cnn(C)c2C1. The number of rotatable bonds is 5. The van der Waals surface area contributed by atoms with Gasteiger partial charge in [-0.15, -0.1) is 0 Å². The second kappa shape index (κ2) is 6.70. The Hall–Kier alpha value is -1.62. The van der Waals surface area contributed by atoms with Crippen molar-refractivity contribution in [3.8, 4) is 0 Å². The number of allylic oxidation sites excluding steroid dienone is 1. The van der Waals surface area contributed by atoms with Gasteiger partial charge < -0.3 is 10.4 Å². The van der Waals surface area contributed by atoms with E-state index in [1.54, 1.807) is 0 Å². The first-order valence-electron chi connectivity index (χ1n) is 7.17. The molecule has 0 bridgehead atoms. The van der Waals surface area contributed by atoms with E-state index in [1.807, 2.05) is 37.0 Å². The molecule has 5 heteroatoms. The third-order valence-corrected chi connectivity index (χ3v) is 3.94. The quantitative estimate of drug-likeness (QED) is 0.788. The Morgan fingerprint density at radius 2 is 2.50 bits per heavy atom. The largest absolute Gasteiger partial charge is 0.394 e. The average Bonchev–Trinajstić information content (AvgIpc) is 2.84. The molecule has 0 saturated carbocycles. The Kier molecular flexibility index (Phi) is 4.95. The van der Waals surface area contributed by atoms with Crippen LogP contribution in [0.2, 0.25) is 0 Å². The van der Waals surface area contributed by atoms with E-state index in [9.17, 15) is 9.90 Å². The lowest BCUT2D eigenvalue weighted by Gasteiger charge is -2.24. The third kappa shape index (κ3) is 3.28. The first-order valence-corrected chi connectivity index (χ1v) is 7.17. The molecule has 1 heterocycles.